The van der Waals surface area contributed by atoms with Gasteiger partial charge in [-0.05, 0) is 0 Å². The largest absolute Gasteiger partial charge is 0.433 e. The second-order valence-corrected chi connectivity index (χ2v) is 3.74. The van der Waals surface area contributed by atoms with Gasteiger partial charge in [-0.1, -0.05) is 13.8 Å². The Morgan fingerprint density at radius 2 is 2.00 bits per heavy atom. The summed E-state index contributed by atoms with van der Waals surface area (Å²) in [5.41, 5.74) is 3.97. The first-order valence-electron chi connectivity index (χ1n) is 4.10. The topological polar surface area (TPSA) is 54.7 Å². The first-order chi connectivity index (χ1) is 6.29. The minimum Gasteiger partial charge on any atom is -0.330 e. The molecule has 0 atom stereocenters. The SMILES string of the molecule is CC(C)(CN)c1cn[nH]c1C(F)(F)F. The van der Waals surface area contributed by atoms with E-state index in [1.807, 2.05) is 5.10 Å². The molecule has 0 saturated carbocycles. The fourth-order valence-electron chi connectivity index (χ4n) is 1.13. The molecule has 0 saturated heterocycles. The quantitative estimate of drug-likeness (QED) is 0.774. The molecule has 3 N–H and O–H groups in total. The Balaban J connectivity index is 3.18. The van der Waals surface area contributed by atoms with E-state index in [9.17, 15) is 13.2 Å². The van der Waals surface area contributed by atoms with Gasteiger partial charge >= 0.3 is 6.18 Å². The van der Waals surface area contributed by atoms with Crippen LogP contribution in [0.2, 0.25) is 0 Å². The van der Waals surface area contributed by atoms with Gasteiger partial charge in [0.05, 0.1) is 6.20 Å². The van der Waals surface area contributed by atoms with E-state index in [0.29, 0.717) is 0 Å². The normalized spacial score (nSPS) is 13.3. The number of alkyl halides is 3. The van der Waals surface area contributed by atoms with Gasteiger partial charge in [-0.3, -0.25) is 5.10 Å². The Morgan fingerprint density at radius 1 is 1.43 bits per heavy atom. The van der Waals surface area contributed by atoms with E-state index in [0.717, 1.165) is 0 Å². The van der Waals surface area contributed by atoms with Crippen molar-refractivity contribution in [2.45, 2.75) is 25.4 Å². The number of aromatic nitrogens is 2. The smallest absolute Gasteiger partial charge is 0.330 e. The zero-order chi connectivity index (χ0) is 11.0. The molecular weight excluding hydrogens is 195 g/mol. The Morgan fingerprint density at radius 3 is 2.43 bits per heavy atom. The molecule has 1 rings (SSSR count). The molecule has 6 heteroatoms. The molecule has 0 aliphatic rings. The number of aromatic amines is 1. The molecule has 1 aromatic heterocycles. The van der Waals surface area contributed by atoms with Crippen molar-refractivity contribution in [2.75, 3.05) is 6.54 Å². The van der Waals surface area contributed by atoms with Crippen LogP contribution < -0.4 is 5.73 Å². The fraction of sp³-hybridized carbons (Fsp3) is 0.625. The van der Waals surface area contributed by atoms with Crippen molar-refractivity contribution < 1.29 is 13.2 Å². The molecule has 0 fully saturated rings. The van der Waals surface area contributed by atoms with E-state index in [-0.39, 0.29) is 12.1 Å². The van der Waals surface area contributed by atoms with Crippen LogP contribution in [0.3, 0.4) is 0 Å². The molecule has 3 nitrogen and oxygen atoms in total. The first kappa shape index (κ1) is 11.0. The Bertz CT molecular complexity index is 314. The molecule has 14 heavy (non-hydrogen) atoms. The molecular formula is C8H12F3N3. The van der Waals surface area contributed by atoms with Crippen LogP contribution in [0, 0.1) is 0 Å². The van der Waals surface area contributed by atoms with Crippen LogP contribution in [0.4, 0.5) is 13.2 Å². The highest BCUT2D eigenvalue weighted by molar-refractivity contribution is 5.28. The number of nitrogens with one attached hydrogen (secondary N) is 1. The summed E-state index contributed by atoms with van der Waals surface area (Å²) in [5, 5.41) is 5.36. The zero-order valence-corrected chi connectivity index (χ0v) is 7.94. The van der Waals surface area contributed by atoms with E-state index < -0.39 is 17.3 Å². The maximum atomic E-state index is 12.4. The number of hydrogen-bond donors (Lipinski definition) is 2. The van der Waals surface area contributed by atoms with Gasteiger partial charge in [0.25, 0.3) is 0 Å². The Hall–Kier alpha value is -1.04. The fourth-order valence-corrected chi connectivity index (χ4v) is 1.13. The number of rotatable bonds is 2. The summed E-state index contributed by atoms with van der Waals surface area (Å²) in [4.78, 5) is 0. The highest BCUT2D eigenvalue weighted by Crippen LogP contribution is 2.35. The summed E-state index contributed by atoms with van der Waals surface area (Å²) in [7, 11) is 0. The predicted molar refractivity (Wildman–Crippen MR) is 45.7 cm³/mol. The lowest BCUT2D eigenvalue weighted by molar-refractivity contribution is -0.142. The summed E-state index contributed by atoms with van der Waals surface area (Å²) >= 11 is 0. The lowest BCUT2D eigenvalue weighted by atomic mass is 9.85. The Kier molecular flexibility index (Phi) is 2.58. The number of hydrogen-bond acceptors (Lipinski definition) is 2. The van der Waals surface area contributed by atoms with Gasteiger partial charge in [0.2, 0.25) is 0 Å². The van der Waals surface area contributed by atoms with E-state index >= 15 is 0 Å². The van der Waals surface area contributed by atoms with Crippen LogP contribution in [0.1, 0.15) is 25.1 Å². The number of nitrogens with zero attached hydrogens (tertiary/aromatic N) is 1. The summed E-state index contributed by atoms with van der Waals surface area (Å²) in [6.07, 6.45) is -3.23. The highest BCUT2D eigenvalue weighted by Gasteiger charge is 2.39. The van der Waals surface area contributed by atoms with Crippen molar-refractivity contribution in [3.05, 3.63) is 17.5 Å². The van der Waals surface area contributed by atoms with Gasteiger partial charge in [0.1, 0.15) is 5.69 Å². The average molecular weight is 207 g/mol. The minimum atomic E-state index is -4.40. The van der Waals surface area contributed by atoms with E-state index in [2.05, 4.69) is 5.10 Å². The van der Waals surface area contributed by atoms with Crippen LogP contribution in [0.15, 0.2) is 6.20 Å². The van der Waals surface area contributed by atoms with Crippen molar-refractivity contribution in [3.63, 3.8) is 0 Å². The third-order valence-electron chi connectivity index (χ3n) is 2.16. The van der Waals surface area contributed by atoms with Crippen LogP contribution in [-0.4, -0.2) is 16.7 Å². The van der Waals surface area contributed by atoms with Crippen molar-refractivity contribution in [3.8, 4) is 0 Å². The average Bonchev–Trinajstić information content (AvgIpc) is 2.51. The molecule has 0 aliphatic carbocycles. The number of halogens is 3. The summed E-state index contributed by atoms with van der Waals surface area (Å²) in [6.45, 7) is 3.43. The molecule has 0 amide bonds. The van der Waals surface area contributed by atoms with Gasteiger partial charge in [0.15, 0.2) is 0 Å². The maximum absolute atomic E-state index is 12.4. The van der Waals surface area contributed by atoms with E-state index in [1.54, 1.807) is 13.8 Å². The van der Waals surface area contributed by atoms with Crippen molar-refractivity contribution in [1.82, 2.24) is 10.2 Å². The van der Waals surface area contributed by atoms with Gasteiger partial charge in [-0.15, -0.1) is 0 Å². The van der Waals surface area contributed by atoms with Gasteiger partial charge < -0.3 is 5.73 Å². The van der Waals surface area contributed by atoms with E-state index in [1.165, 1.54) is 6.20 Å². The van der Waals surface area contributed by atoms with Crippen LogP contribution in [0.25, 0.3) is 0 Å². The van der Waals surface area contributed by atoms with Gasteiger partial charge in [-0.25, -0.2) is 0 Å². The monoisotopic (exact) mass is 207 g/mol. The lowest BCUT2D eigenvalue weighted by Gasteiger charge is -2.22. The molecule has 0 radical (unpaired) electrons. The van der Waals surface area contributed by atoms with Crippen LogP contribution in [-0.2, 0) is 11.6 Å². The zero-order valence-electron chi connectivity index (χ0n) is 7.94. The van der Waals surface area contributed by atoms with E-state index in [4.69, 9.17) is 5.73 Å². The Labute approximate surface area is 79.5 Å². The highest BCUT2D eigenvalue weighted by atomic mass is 19.4. The predicted octanol–water partition coefficient (Wildman–Crippen LogP) is 1.66. The molecule has 80 valence electrons. The number of H-pyrrole nitrogens is 1. The lowest BCUT2D eigenvalue weighted by Crippen LogP contribution is -2.30. The second kappa shape index (κ2) is 3.27. The summed E-state index contributed by atoms with van der Waals surface area (Å²) < 4.78 is 37.3. The third-order valence-corrected chi connectivity index (χ3v) is 2.16. The minimum absolute atomic E-state index is 0.104. The summed E-state index contributed by atoms with van der Waals surface area (Å²) in [5.74, 6) is 0. The summed E-state index contributed by atoms with van der Waals surface area (Å²) in [6, 6.07) is 0. The molecule has 0 aliphatic heterocycles. The molecule has 0 aromatic carbocycles. The molecule has 1 aromatic rings. The first-order valence-corrected chi connectivity index (χ1v) is 4.10. The molecule has 0 unspecified atom stereocenters. The second-order valence-electron chi connectivity index (χ2n) is 3.74. The molecule has 0 spiro atoms. The molecule has 1 heterocycles. The maximum Gasteiger partial charge on any atom is 0.433 e. The molecule has 0 bridgehead atoms. The van der Waals surface area contributed by atoms with Crippen molar-refractivity contribution >= 4 is 0 Å². The van der Waals surface area contributed by atoms with Crippen molar-refractivity contribution in [1.29, 1.82) is 0 Å². The van der Waals surface area contributed by atoms with Crippen LogP contribution in [0.5, 0.6) is 0 Å². The third kappa shape index (κ3) is 1.89. The van der Waals surface area contributed by atoms with Gasteiger partial charge in [-0.2, -0.15) is 18.3 Å². The van der Waals surface area contributed by atoms with Gasteiger partial charge in [0, 0.05) is 17.5 Å². The van der Waals surface area contributed by atoms with Crippen LogP contribution >= 0.6 is 0 Å². The standard InChI is InChI=1S/C8H12F3N3/c1-7(2,4-12)5-3-13-14-6(5)8(9,10)11/h3H,4,12H2,1-2H3,(H,13,14). The number of nitrogens with two attached hydrogens (primary N) is 1. The van der Waals surface area contributed by atoms with Crippen molar-refractivity contribution in [2.24, 2.45) is 5.73 Å².